The van der Waals surface area contributed by atoms with E-state index in [1.165, 1.54) is 6.21 Å². The molecule has 0 unspecified atom stereocenters. The van der Waals surface area contributed by atoms with Crippen LogP contribution in [0.25, 0.3) is 0 Å². The Hall–Kier alpha value is -2.87. The van der Waals surface area contributed by atoms with Crippen LogP contribution in [0.2, 0.25) is 0 Å². The molecule has 0 saturated carbocycles. The zero-order valence-corrected chi connectivity index (χ0v) is 14.7. The van der Waals surface area contributed by atoms with Crippen molar-refractivity contribution >= 4 is 34.0 Å². The third-order valence-electron chi connectivity index (χ3n) is 2.83. The SMILES string of the molecule is NC(=O)COc1ccc(/C=N/NC(=O)COc2cccc(Br)c2)cc1. The molecule has 2 aromatic carbocycles. The van der Waals surface area contributed by atoms with Crippen LogP contribution in [-0.4, -0.2) is 31.2 Å². The number of nitrogens with zero attached hydrogens (tertiary/aromatic N) is 1. The fourth-order valence-electron chi connectivity index (χ4n) is 1.72. The Labute approximate surface area is 152 Å². The Morgan fingerprint density at radius 3 is 2.48 bits per heavy atom. The first-order chi connectivity index (χ1) is 12.0. The summed E-state index contributed by atoms with van der Waals surface area (Å²) in [5.41, 5.74) is 8.12. The maximum atomic E-state index is 11.7. The van der Waals surface area contributed by atoms with Gasteiger partial charge in [0.05, 0.1) is 6.21 Å². The summed E-state index contributed by atoms with van der Waals surface area (Å²) in [5, 5.41) is 3.85. The first-order valence-electron chi connectivity index (χ1n) is 7.24. The van der Waals surface area contributed by atoms with Crippen molar-refractivity contribution in [3.63, 3.8) is 0 Å². The number of hydrogen-bond acceptors (Lipinski definition) is 5. The molecule has 0 spiro atoms. The molecule has 0 aliphatic rings. The first kappa shape index (κ1) is 18.5. The van der Waals surface area contributed by atoms with Gasteiger partial charge in [-0.2, -0.15) is 5.10 Å². The van der Waals surface area contributed by atoms with Crippen molar-refractivity contribution in [2.45, 2.75) is 0 Å². The van der Waals surface area contributed by atoms with E-state index in [4.69, 9.17) is 15.2 Å². The number of ether oxygens (including phenoxy) is 2. The minimum Gasteiger partial charge on any atom is -0.484 e. The molecule has 0 aliphatic heterocycles. The number of nitrogens with one attached hydrogen (secondary N) is 1. The number of carbonyl (C=O) groups excluding carboxylic acids is 2. The van der Waals surface area contributed by atoms with Gasteiger partial charge in [0.2, 0.25) is 0 Å². The minimum absolute atomic E-state index is 0.145. The van der Waals surface area contributed by atoms with Crippen LogP contribution < -0.4 is 20.6 Å². The second-order valence-corrected chi connectivity index (χ2v) is 5.78. The zero-order chi connectivity index (χ0) is 18.1. The summed E-state index contributed by atoms with van der Waals surface area (Å²) in [6.45, 7) is -0.324. The molecule has 0 radical (unpaired) electrons. The number of primary amides is 1. The Balaban J connectivity index is 1.76. The Bertz CT molecular complexity index is 763. The van der Waals surface area contributed by atoms with Gasteiger partial charge in [-0.05, 0) is 48.0 Å². The molecule has 3 N–H and O–H groups in total. The number of carbonyl (C=O) groups is 2. The standard InChI is InChI=1S/C17H16BrN3O4/c18-13-2-1-3-15(8-13)25-11-17(23)21-20-9-12-4-6-14(7-5-12)24-10-16(19)22/h1-9H,10-11H2,(H2,19,22)(H,21,23)/b20-9+. The highest BCUT2D eigenvalue weighted by Crippen LogP contribution is 2.17. The summed E-state index contributed by atoms with van der Waals surface area (Å²) in [7, 11) is 0. The van der Waals surface area contributed by atoms with Crippen molar-refractivity contribution in [3.05, 3.63) is 58.6 Å². The first-order valence-corrected chi connectivity index (χ1v) is 8.03. The van der Waals surface area contributed by atoms with Gasteiger partial charge in [0.25, 0.3) is 11.8 Å². The van der Waals surface area contributed by atoms with Crippen LogP contribution in [0.1, 0.15) is 5.56 Å². The lowest BCUT2D eigenvalue weighted by Gasteiger charge is -2.05. The van der Waals surface area contributed by atoms with Gasteiger partial charge in [0.1, 0.15) is 11.5 Å². The summed E-state index contributed by atoms with van der Waals surface area (Å²) in [6.07, 6.45) is 1.48. The third kappa shape index (κ3) is 7.05. The van der Waals surface area contributed by atoms with Gasteiger partial charge in [-0.25, -0.2) is 5.43 Å². The van der Waals surface area contributed by atoms with Crippen molar-refractivity contribution in [2.75, 3.05) is 13.2 Å². The van der Waals surface area contributed by atoms with Crippen LogP contribution in [-0.2, 0) is 9.59 Å². The van der Waals surface area contributed by atoms with Gasteiger partial charge in [-0.3, -0.25) is 9.59 Å². The van der Waals surface area contributed by atoms with Crippen molar-refractivity contribution in [2.24, 2.45) is 10.8 Å². The van der Waals surface area contributed by atoms with Crippen LogP contribution in [0.3, 0.4) is 0 Å². The van der Waals surface area contributed by atoms with Crippen LogP contribution in [0.4, 0.5) is 0 Å². The molecule has 0 aromatic heterocycles. The van der Waals surface area contributed by atoms with E-state index in [1.54, 1.807) is 36.4 Å². The number of halogens is 1. The van der Waals surface area contributed by atoms with Gasteiger partial charge in [0.15, 0.2) is 13.2 Å². The Morgan fingerprint density at radius 1 is 1.08 bits per heavy atom. The maximum absolute atomic E-state index is 11.7. The summed E-state index contributed by atoms with van der Waals surface area (Å²) in [4.78, 5) is 22.3. The highest BCUT2D eigenvalue weighted by molar-refractivity contribution is 9.10. The third-order valence-corrected chi connectivity index (χ3v) is 3.32. The van der Waals surface area contributed by atoms with Crippen LogP contribution in [0.15, 0.2) is 58.1 Å². The van der Waals surface area contributed by atoms with Crippen molar-refractivity contribution in [1.82, 2.24) is 5.43 Å². The molecule has 130 valence electrons. The number of rotatable bonds is 8. The van der Waals surface area contributed by atoms with E-state index in [2.05, 4.69) is 26.5 Å². The summed E-state index contributed by atoms with van der Waals surface area (Å²) >= 11 is 3.32. The lowest BCUT2D eigenvalue weighted by molar-refractivity contribution is -0.123. The molecule has 2 amide bonds. The van der Waals surface area contributed by atoms with Crippen LogP contribution in [0.5, 0.6) is 11.5 Å². The average Bonchev–Trinajstić information content (AvgIpc) is 2.59. The van der Waals surface area contributed by atoms with Crippen molar-refractivity contribution in [1.29, 1.82) is 0 Å². The van der Waals surface area contributed by atoms with Gasteiger partial charge < -0.3 is 15.2 Å². The van der Waals surface area contributed by atoms with E-state index in [1.807, 2.05) is 12.1 Å². The van der Waals surface area contributed by atoms with E-state index in [0.29, 0.717) is 11.5 Å². The number of nitrogens with two attached hydrogens (primary N) is 1. The maximum Gasteiger partial charge on any atom is 0.277 e. The molecule has 2 aromatic rings. The second kappa shape index (κ2) is 9.43. The average molecular weight is 406 g/mol. The number of hydrazone groups is 1. The Morgan fingerprint density at radius 2 is 1.80 bits per heavy atom. The monoisotopic (exact) mass is 405 g/mol. The molecular formula is C17H16BrN3O4. The topological polar surface area (TPSA) is 103 Å². The molecule has 0 atom stereocenters. The second-order valence-electron chi connectivity index (χ2n) is 4.86. The van der Waals surface area contributed by atoms with Gasteiger partial charge in [0, 0.05) is 4.47 Å². The van der Waals surface area contributed by atoms with E-state index in [0.717, 1.165) is 10.0 Å². The van der Waals surface area contributed by atoms with E-state index >= 15 is 0 Å². The molecule has 0 saturated heterocycles. The molecule has 25 heavy (non-hydrogen) atoms. The fraction of sp³-hybridized carbons (Fsp3) is 0.118. The molecule has 2 rings (SSSR count). The molecule has 0 heterocycles. The predicted octanol–water partition coefficient (Wildman–Crippen LogP) is 1.84. The highest BCUT2D eigenvalue weighted by Gasteiger charge is 2.02. The molecule has 0 fully saturated rings. The van der Waals surface area contributed by atoms with Gasteiger partial charge in [-0.15, -0.1) is 0 Å². The molecule has 0 bridgehead atoms. The quantitative estimate of drug-likeness (QED) is 0.516. The van der Waals surface area contributed by atoms with E-state index in [9.17, 15) is 9.59 Å². The predicted molar refractivity (Wildman–Crippen MR) is 96.5 cm³/mol. The van der Waals surface area contributed by atoms with Crippen molar-refractivity contribution in [3.8, 4) is 11.5 Å². The molecule has 0 aliphatic carbocycles. The summed E-state index contributed by atoms with van der Waals surface area (Å²) in [5.74, 6) is 0.179. The number of hydrogen-bond donors (Lipinski definition) is 2. The smallest absolute Gasteiger partial charge is 0.277 e. The number of amides is 2. The normalized spacial score (nSPS) is 10.4. The van der Waals surface area contributed by atoms with Crippen molar-refractivity contribution < 1.29 is 19.1 Å². The van der Waals surface area contributed by atoms with Crippen LogP contribution in [0, 0.1) is 0 Å². The zero-order valence-electron chi connectivity index (χ0n) is 13.1. The minimum atomic E-state index is -0.543. The lowest BCUT2D eigenvalue weighted by Crippen LogP contribution is -2.24. The lowest BCUT2D eigenvalue weighted by atomic mass is 10.2. The number of benzene rings is 2. The summed E-state index contributed by atoms with van der Waals surface area (Å²) in [6, 6.07) is 14.0. The van der Waals surface area contributed by atoms with Gasteiger partial charge >= 0.3 is 0 Å². The highest BCUT2D eigenvalue weighted by atomic mass is 79.9. The largest absolute Gasteiger partial charge is 0.484 e. The molecular weight excluding hydrogens is 390 g/mol. The summed E-state index contributed by atoms with van der Waals surface area (Å²) < 4.78 is 11.3. The van der Waals surface area contributed by atoms with Crippen LogP contribution >= 0.6 is 15.9 Å². The van der Waals surface area contributed by atoms with E-state index < -0.39 is 5.91 Å². The van der Waals surface area contributed by atoms with Gasteiger partial charge in [-0.1, -0.05) is 22.0 Å². The molecule has 8 heteroatoms. The molecule has 7 nitrogen and oxygen atoms in total. The Kier molecular flexibility index (Phi) is 6.97. The van der Waals surface area contributed by atoms with E-state index in [-0.39, 0.29) is 19.1 Å². The fourth-order valence-corrected chi connectivity index (χ4v) is 2.10.